The van der Waals surface area contributed by atoms with Crippen LogP contribution >= 0.6 is 0 Å². The van der Waals surface area contributed by atoms with E-state index in [0.29, 0.717) is 23.9 Å². The third kappa shape index (κ3) is 4.36. The van der Waals surface area contributed by atoms with Crippen molar-refractivity contribution in [2.75, 3.05) is 10.6 Å². The topological polar surface area (TPSA) is 76.4 Å². The first-order valence-corrected chi connectivity index (χ1v) is 7.47. The van der Waals surface area contributed by atoms with Crippen LogP contribution in [0.4, 0.5) is 16.4 Å². The number of hydrogen-bond acceptors (Lipinski definition) is 4. The van der Waals surface area contributed by atoms with Gasteiger partial charge in [-0.2, -0.15) is 0 Å². The summed E-state index contributed by atoms with van der Waals surface area (Å²) < 4.78 is 10.6. The second-order valence-corrected chi connectivity index (χ2v) is 5.21. The number of nitrogens with one attached hydrogen (secondary N) is 2. The minimum Gasteiger partial charge on any atom is -0.489 e. The van der Waals surface area contributed by atoms with Gasteiger partial charge in [-0.05, 0) is 36.8 Å². The summed E-state index contributed by atoms with van der Waals surface area (Å²) in [4.78, 5) is 11.8. The second kappa shape index (κ2) is 7.32. The molecule has 122 valence electrons. The number of anilines is 2. The van der Waals surface area contributed by atoms with Crippen molar-refractivity contribution in [2.24, 2.45) is 0 Å². The zero-order chi connectivity index (χ0) is 16.8. The predicted octanol–water partition coefficient (Wildman–Crippen LogP) is 4.21. The highest BCUT2D eigenvalue weighted by Crippen LogP contribution is 2.17. The Labute approximate surface area is 139 Å². The normalized spacial score (nSPS) is 10.2. The lowest BCUT2D eigenvalue weighted by Gasteiger charge is -2.08. The number of hydrogen-bond donors (Lipinski definition) is 2. The van der Waals surface area contributed by atoms with E-state index in [1.54, 1.807) is 37.3 Å². The van der Waals surface area contributed by atoms with Crippen LogP contribution in [0.3, 0.4) is 0 Å². The lowest BCUT2D eigenvalue weighted by atomic mass is 10.2. The molecule has 0 saturated carbocycles. The number of benzene rings is 2. The zero-order valence-electron chi connectivity index (χ0n) is 13.2. The van der Waals surface area contributed by atoms with E-state index in [-0.39, 0.29) is 0 Å². The first-order valence-electron chi connectivity index (χ1n) is 7.47. The summed E-state index contributed by atoms with van der Waals surface area (Å²) in [6.07, 6.45) is 0. The van der Waals surface area contributed by atoms with Gasteiger partial charge in [0.25, 0.3) is 0 Å². The van der Waals surface area contributed by atoms with Crippen LogP contribution in [0.25, 0.3) is 0 Å². The molecule has 0 unspecified atom stereocenters. The molecule has 0 spiro atoms. The third-order valence-corrected chi connectivity index (χ3v) is 3.23. The van der Waals surface area contributed by atoms with Gasteiger partial charge in [0.05, 0.1) is 5.69 Å². The van der Waals surface area contributed by atoms with E-state index < -0.39 is 6.03 Å². The summed E-state index contributed by atoms with van der Waals surface area (Å²) in [5.74, 6) is 1.03. The SMILES string of the molecule is Cc1cc(NC(=O)Nc2ccc(OCc3ccccc3)cc2)on1. The van der Waals surface area contributed by atoms with Gasteiger partial charge < -0.3 is 14.6 Å². The minimum atomic E-state index is -0.399. The monoisotopic (exact) mass is 323 g/mol. The first kappa shape index (κ1) is 15.6. The molecule has 1 heterocycles. The molecule has 0 aliphatic heterocycles. The van der Waals surface area contributed by atoms with Crippen molar-refractivity contribution in [1.29, 1.82) is 0 Å². The molecule has 0 aliphatic rings. The van der Waals surface area contributed by atoms with Gasteiger partial charge >= 0.3 is 6.03 Å². The quantitative estimate of drug-likeness (QED) is 0.737. The molecule has 24 heavy (non-hydrogen) atoms. The van der Waals surface area contributed by atoms with Crippen molar-refractivity contribution in [3.05, 3.63) is 71.9 Å². The molecule has 0 saturated heterocycles. The average molecular weight is 323 g/mol. The largest absolute Gasteiger partial charge is 0.489 e. The van der Waals surface area contributed by atoms with E-state index in [0.717, 1.165) is 11.3 Å². The van der Waals surface area contributed by atoms with Crippen LogP contribution in [-0.4, -0.2) is 11.2 Å². The van der Waals surface area contributed by atoms with Crippen LogP contribution in [0.15, 0.2) is 65.2 Å². The molecule has 2 N–H and O–H groups in total. The van der Waals surface area contributed by atoms with E-state index in [4.69, 9.17) is 9.26 Å². The molecule has 2 amide bonds. The third-order valence-electron chi connectivity index (χ3n) is 3.23. The Balaban J connectivity index is 1.51. The highest BCUT2D eigenvalue weighted by Gasteiger charge is 2.06. The number of carbonyl (C=O) groups excluding carboxylic acids is 1. The fraction of sp³-hybridized carbons (Fsp3) is 0.111. The minimum absolute atomic E-state index is 0.299. The Kier molecular flexibility index (Phi) is 4.76. The van der Waals surface area contributed by atoms with Crippen LogP contribution in [0.1, 0.15) is 11.3 Å². The van der Waals surface area contributed by atoms with E-state index >= 15 is 0 Å². The molecule has 6 nitrogen and oxygen atoms in total. The van der Waals surface area contributed by atoms with Gasteiger partial charge in [0.15, 0.2) is 0 Å². The maximum atomic E-state index is 11.8. The molecule has 3 rings (SSSR count). The fourth-order valence-corrected chi connectivity index (χ4v) is 2.07. The summed E-state index contributed by atoms with van der Waals surface area (Å²) in [5.41, 5.74) is 2.45. The van der Waals surface area contributed by atoms with E-state index in [1.807, 2.05) is 30.3 Å². The lowest BCUT2D eigenvalue weighted by Crippen LogP contribution is -2.18. The summed E-state index contributed by atoms with van der Waals surface area (Å²) in [6.45, 7) is 2.28. The Morgan fingerprint density at radius 2 is 1.83 bits per heavy atom. The van der Waals surface area contributed by atoms with Gasteiger partial charge in [0, 0.05) is 11.8 Å². The van der Waals surface area contributed by atoms with Crippen LogP contribution in [0, 0.1) is 6.92 Å². The molecular weight excluding hydrogens is 306 g/mol. The Morgan fingerprint density at radius 1 is 1.08 bits per heavy atom. The smallest absolute Gasteiger partial charge is 0.326 e. The van der Waals surface area contributed by atoms with Crippen LogP contribution < -0.4 is 15.4 Å². The van der Waals surface area contributed by atoms with E-state index in [1.165, 1.54) is 0 Å². The van der Waals surface area contributed by atoms with Crippen molar-refractivity contribution in [1.82, 2.24) is 5.16 Å². The van der Waals surface area contributed by atoms with Crippen molar-refractivity contribution in [3.8, 4) is 5.75 Å². The van der Waals surface area contributed by atoms with Crippen LogP contribution in [-0.2, 0) is 6.61 Å². The van der Waals surface area contributed by atoms with Gasteiger partial charge in [0.1, 0.15) is 12.4 Å². The first-order chi connectivity index (χ1) is 11.7. The number of rotatable bonds is 5. The maximum Gasteiger partial charge on any atom is 0.326 e. The van der Waals surface area contributed by atoms with E-state index in [2.05, 4.69) is 15.8 Å². The Morgan fingerprint density at radius 3 is 2.50 bits per heavy atom. The van der Waals surface area contributed by atoms with Gasteiger partial charge in [0.2, 0.25) is 5.88 Å². The number of amides is 2. The number of carbonyl (C=O) groups is 1. The molecule has 0 radical (unpaired) electrons. The van der Waals surface area contributed by atoms with Crippen molar-refractivity contribution in [3.63, 3.8) is 0 Å². The zero-order valence-corrected chi connectivity index (χ0v) is 13.2. The summed E-state index contributed by atoms with van der Waals surface area (Å²) in [6, 6.07) is 18.3. The lowest BCUT2D eigenvalue weighted by molar-refractivity contribution is 0.261. The maximum absolute atomic E-state index is 11.8. The fourth-order valence-electron chi connectivity index (χ4n) is 2.07. The van der Waals surface area contributed by atoms with Gasteiger partial charge in [-0.25, -0.2) is 4.79 Å². The van der Waals surface area contributed by atoms with Crippen LogP contribution in [0.2, 0.25) is 0 Å². The number of nitrogens with zero attached hydrogens (tertiary/aromatic N) is 1. The number of urea groups is 1. The summed E-state index contributed by atoms with van der Waals surface area (Å²) in [7, 11) is 0. The average Bonchev–Trinajstić information content (AvgIpc) is 3.00. The molecule has 3 aromatic rings. The molecule has 2 aromatic carbocycles. The van der Waals surface area contributed by atoms with Crippen molar-refractivity contribution in [2.45, 2.75) is 13.5 Å². The van der Waals surface area contributed by atoms with E-state index in [9.17, 15) is 4.79 Å². The predicted molar refractivity (Wildman–Crippen MR) is 91.1 cm³/mol. The standard InChI is InChI=1S/C18H17N3O3/c1-13-11-17(24-21-13)20-18(22)19-15-7-9-16(10-8-15)23-12-14-5-3-2-4-6-14/h2-11H,12H2,1H3,(H2,19,20,22). The summed E-state index contributed by atoms with van der Waals surface area (Å²) in [5, 5.41) is 8.97. The van der Waals surface area contributed by atoms with Crippen molar-refractivity contribution >= 4 is 17.6 Å². The van der Waals surface area contributed by atoms with Gasteiger partial charge in [-0.15, -0.1) is 0 Å². The molecule has 0 bridgehead atoms. The number of ether oxygens (including phenoxy) is 1. The highest BCUT2D eigenvalue weighted by molar-refractivity contribution is 5.98. The number of aromatic nitrogens is 1. The second-order valence-electron chi connectivity index (χ2n) is 5.21. The molecule has 0 aliphatic carbocycles. The highest BCUT2D eigenvalue weighted by atomic mass is 16.5. The number of aryl methyl sites for hydroxylation is 1. The molecule has 0 atom stereocenters. The van der Waals surface area contributed by atoms with Gasteiger partial charge in [-0.1, -0.05) is 35.5 Å². The van der Waals surface area contributed by atoms with Crippen molar-refractivity contribution < 1.29 is 14.1 Å². The molecule has 6 heteroatoms. The van der Waals surface area contributed by atoms with Gasteiger partial charge in [-0.3, -0.25) is 5.32 Å². The molecular formula is C18H17N3O3. The Hall–Kier alpha value is -3.28. The molecule has 1 aromatic heterocycles. The Bertz CT molecular complexity index is 798. The summed E-state index contributed by atoms with van der Waals surface area (Å²) >= 11 is 0. The van der Waals surface area contributed by atoms with Crippen LogP contribution in [0.5, 0.6) is 5.75 Å². The molecule has 0 fully saturated rings.